The first-order valence-corrected chi connectivity index (χ1v) is 10.1. The molecule has 4 rings (SSSR count). The van der Waals surface area contributed by atoms with Crippen LogP contribution in [0, 0.1) is 0 Å². The number of amides is 1. The zero-order valence-electron chi connectivity index (χ0n) is 15.2. The predicted octanol–water partition coefficient (Wildman–Crippen LogP) is 3.70. The zero-order valence-corrected chi connectivity index (χ0v) is 16.0. The molecule has 0 bridgehead atoms. The molecule has 1 saturated heterocycles. The van der Waals surface area contributed by atoms with Gasteiger partial charge in [-0.2, -0.15) is 0 Å². The van der Waals surface area contributed by atoms with Crippen LogP contribution in [0.2, 0.25) is 0 Å². The third-order valence-corrected chi connectivity index (χ3v) is 5.72. The Balaban J connectivity index is 1.31. The van der Waals surface area contributed by atoms with E-state index in [1.54, 1.807) is 11.3 Å². The van der Waals surface area contributed by atoms with Gasteiger partial charge in [-0.3, -0.25) is 9.69 Å². The number of carbonyl (C=O) groups is 1. The number of para-hydroxylation sites is 1. The molecule has 1 aliphatic rings. The molecule has 5 nitrogen and oxygen atoms in total. The molecule has 1 amide bonds. The highest BCUT2D eigenvalue weighted by molar-refractivity contribution is 7.18. The summed E-state index contributed by atoms with van der Waals surface area (Å²) in [7, 11) is 0. The summed E-state index contributed by atoms with van der Waals surface area (Å²) in [5.41, 5.74) is 3.07. The molecule has 2 heterocycles. The smallest absolute Gasteiger partial charge is 0.224 e. The first-order valence-electron chi connectivity index (χ1n) is 9.29. The number of ether oxygens (including phenoxy) is 1. The molecular weight excluding hydrogens is 358 g/mol. The summed E-state index contributed by atoms with van der Waals surface area (Å²) in [6.45, 7) is 4.39. The Morgan fingerprint density at radius 3 is 2.85 bits per heavy atom. The SMILES string of the molecule is O=C(CCc1nc2ccccc2s1)Nc1cccc(CN2CCOCC2)c1. The molecule has 3 aromatic rings. The highest BCUT2D eigenvalue weighted by atomic mass is 32.1. The quantitative estimate of drug-likeness (QED) is 0.707. The van der Waals surface area contributed by atoms with Gasteiger partial charge < -0.3 is 10.1 Å². The lowest BCUT2D eigenvalue weighted by Gasteiger charge is -2.26. The second-order valence-corrected chi connectivity index (χ2v) is 7.83. The van der Waals surface area contributed by atoms with E-state index in [9.17, 15) is 4.79 Å². The molecule has 1 aromatic heterocycles. The molecule has 6 heteroatoms. The van der Waals surface area contributed by atoms with Crippen LogP contribution in [0.1, 0.15) is 17.0 Å². The summed E-state index contributed by atoms with van der Waals surface area (Å²) >= 11 is 1.66. The number of benzene rings is 2. The Morgan fingerprint density at radius 1 is 1.15 bits per heavy atom. The van der Waals surface area contributed by atoms with E-state index < -0.39 is 0 Å². The number of morpholine rings is 1. The Morgan fingerprint density at radius 2 is 2.00 bits per heavy atom. The van der Waals surface area contributed by atoms with Crippen molar-refractivity contribution in [1.82, 2.24) is 9.88 Å². The summed E-state index contributed by atoms with van der Waals surface area (Å²) in [4.78, 5) is 19.3. The second kappa shape index (κ2) is 8.61. The molecular formula is C21H23N3O2S. The fourth-order valence-electron chi connectivity index (χ4n) is 3.24. The average molecular weight is 382 g/mol. The number of nitrogens with zero attached hydrogens (tertiary/aromatic N) is 2. The lowest BCUT2D eigenvalue weighted by molar-refractivity contribution is -0.116. The van der Waals surface area contributed by atoms with Crippen LogP contribution in [-0.4, -0.2) is 42.1 Å². The van der Waals surface area contributed by atoms with Crippen LogP contribution < -0.4 is 5.32 Å². The zero-order chi connectivity index (χ0) is 18.5. The molecule has 27 heavy (non-hydrogen) atoms. The molecule has 0 radical (unpaired) electrons. The highest BCUT2D eigenvalue weighted by Gasteiger charge is 2.11. The summed E-state index contributed by atoms with van der Waals surface area (Å²) in [5, 5.41) is 4.03. The van der Waals surface area contributed by atoms with Crippen molar-refractivity contribution in [2.45, 2.75) is 19.4 Å². The molecule has 2 aromatic carbocycles. The van der Waals surface area contributed by atoms with Gasteiger partial charge in [0.15, 0.2) is 0 Å². The second-order valence-electron chi connectivity index (χ2n) is 6.71. The van der Waals surface area contributed by atoms with Crippen LogP contribution in [-0.2, 0) is 22.5 Å². The number of carbonyl (C=O) groups excluding carboxylic acids is 1. The number of thiazole rings is 1. The number of hydrogen-bond donors (Lipinski definition) is 1. The number of aryl methyl sites for hydroxylation is 1. The molecule has 0 saturated carbocycles. The van der Waals surface area contributed by atoms with E-state index in [4.69, 9.17) is 4.74 Å². The lowest BCUT2D eigenvalue weighted by atomic mass is 10.1. The third kappa shape index (κ3) is 4.91. The molecule has 0 aliphatic carbocycles. The van der Waals surface area contributed by atoms with Gasteiger partial charge in [-0.25, -0.2) is 4.98 Å². The predicted molar refractivity (Wildman–Crippen MR) is 109 cm³/mol. The van der Waals surface area contributed by atoms with Crippen LogP contribution in [0.15, 0.2) is 48.5 Å². The van der Waals surface area contributed by atoms with Crippen molar-refractivity contribution < 1.29 is 9.53 Å². The van der Waals surface area contributed by atoms with Crippen molar-refractivity contribution in [3.05, 3.63) is 59.1 Å². The summed E-state index contributed by atoms with van der Waals surface area (Å²) in [5.74, 6) is 0.0257. The number of anilines is 1. The minimum absolute atomic E-state index is 0.0257. The first kappa shape index (κ1) is 18.1. The number of nitrogens with one attached hydrogen (secondary N) is 1. The van der Waals surface area contributed by atoms with Crippen molar-refractivity contribution in [3.8, 4) is 0 Å². The van der Waals surface area contributed by atoms with Gasteiger partial charge >= 0.3 is 0 Å². The molecule has 1 aliphatic heterocycles. The Labute approximate surface area is 163 Å². The van der Waals surface area contributed by atoms with Crippen LogP contribution >= 0.6 is 11.3 Å². The molecule has 1 N–H and O–H groups in total. The van der Waals surface area contributed by atoms with E-state index in [2.05, 4.69) is 33.4 Å². The molecule has 0 unspecified atom stereocenters. The Kier molecular flexibility index (Phi) is 5.77. The molecule has 0 spiro atoms. The normalized spacial score (nSPS) is 15.1. The first-order chi connectivity index (χ1) is 13.3. The van der Waals surface area contributed by atoms with Crippen molar-refractivity contribution in [3.63, 3.8) is 0 Å². The maximum atomic E-state index is 12.3. The maximum absolute atomic E-state index is 12.3. The van der Waals surface area contributed by atoms with Crippen molar-refractivity contribution in [2.75, 3.05) is 31.6 Å². The van der Waals surface area contributed by atoms with Crippen molar-refractivity contribution >= 4 is 33.1 Å². The summed E-state index contributed by atoms with van der Waals surface area (Å²) in [6.07, 6.45) is 1.10. The average Bonchev–Trinajstić information content (AvgIpc) is 3.11. The van der Waals surface area contributed by atoms with E-state index in [1.165, 1.54) is 10.3 Å². The van der Waals surface area contributed by atoms with Gasteiger partial charge in [-0.1, -0.05) is 24.3 Å². The number of aromatic nitrogens is 1. The Bertz CT molecular complexity index is 885. The Hall–Kier alpha value is -2.28. The monoisotopic (exact) mass is 381 g/mol. The van der Waals surface area contributed by atoms with E-state index in [1.807, 2.05) is 30.3 Å². The van der Waals surface area contributed by atoms with E-state index >= 15 is 0 Å². The van der Waals surface area contributed by atoms with Crippen LogP contribution in [0.3, 0.4) is 0 Å². The minimum atomic E-state index is 0.0257. The van der Waals surface area contributed by atoms with Crippen LogP contribution in [0.25, 0.3) is 10.2 Å². The van der Waals surface area contributed by atoms with Crippen molar-refractivity contribution in [2.24, 2.45) is 0 Å². The largest absolute Gasteiger partial charge is 0.379 e. The molecule has 1 fully saturated rings. The van der Waals surface area contributed by atoms with Gasteiger partial charge in [0.2, 0.25) is 5.91 Å². The maximum Gasteiger partial charge on any atom is 0.224 e. The fourth-order valence-corrected chi connectivity index (χ4v) is 4.20. The van der Waals surface area contributed by atoms with Crippen LogP contribution in [0.5, 0.6) is 0 Å². The lowest BCUT2D eigenvalue weighted by Crippen LogP contribution is -2.35. The number of hydrogen-bond acceptors (Lipinski definition) is 5. The molecule has 140 valence electrons. The van der Waals surface area contributed by atoms with E-state index in [-0.39, 0.29) is 5.91 Å². The summed E-state index contributed by atoms with van der Waals surface area (Å²) < 4.78 is 6.56. The highest BCUT2D eigenvalue weighted by Crippen LogP contribution is 2.22. The molecule has 0 atom stereocenters. The number of rotatable bonds is 6. The van der Waals surface area contributed by atoms with Gasteiger partial charge in [0.05, 0.1) is 28.4 Å². The van der Waals surface area contributed by atoms with Crippen molar-refractivity contribution in [1.29, 1.82) is 0 Å². The van der Waals surface area contributed by atoms with Gasteiger partial charge in [0, 0.05) is 38.2 Å². The van der Waals surface area contributed by atoms with Gasteiger partial charge in [-0.15, -0.1) is 11.3 Å². The topological polar surface area (TPSA) is 54.5 Å². The van der Waals surface area contributed by atoms with Gasteiger partial charge in [0.25, 0.3) is 0 Å². The standard InChI is InChI=1S/C21H23N3O2S/c25-20(8-9-21-23-18-6-1-2-7-19(18)27-21)22-17-5-3-4-16(14-17)15-24-10-12-26-13-11-24/h1-7,14H,8-13,15H2,(H,22,25). The van der Waals surface area contributed by atoms with Gasteiger partial charge in [-0.05, 0) is 29.8 Å². The van der Waals surface area contributed by atoms with Gasteiger partial charge in [0.1, 0.15) is 0 Å². The van der Waals surface area contributed by atoms with E-state index in [0.29, 0.717) is 12.8 Å². The third-order valence-electron chi connectivity index (χ3n) is 4.62. The minimum Gasteiger partial charge on any atom is -0.379 e. The van der Waals surface area contributed by atoms with E-state index in [0.717, 1.165) is 49.1 Å². The summed E-state index contributed by atoms with van der Waals surface area (Å²) in [6, 6.07) is 16.2. The number of fused-ring (bicyclic) bond motifs is 1. The van der Waals surface area contributed by atoms with Crippen LogP contribution in [0.4, 0.5) is 5.69 Å². The fraction of sp³-hybridized carbons (Fsp3) is 0.333.